The molecule has 0 bridgehead atoms. The van der Waals surface area contributed by atoms with Gasteiger partial charge in [-0.25, -0.2) is 0 Å². The van der Waals surface area contributed by atoms with Crippen molar-refractivity contribution < 1.29 is 4.74 Å². The van der Waals surface area contributed by atoms with E-state index in [2.05, 4.69) is 0 Å². The van der Waals surface area contributed by atoms with E-state index in [9.17, 15) is 0 Å². The van der Waals surface area contributed by atoms with E-state index in [1.54, 1.807) is 0 Å². The molecule has 0 heterocycles. The number of alkyl halides is 2. The molecule has 0 radical (unpaired) electrons. The summed E-state index contributed by atoms with van der Waals surface area (Å²) in [6.45, 7) is 0. The van der Waals surface area contributed by atoms with Crippen LogP contribution in [0.5, 0.6) is 0 Å². The quantitative estimate of drug-likeness (QED) is 0.595. The Morgan fingerprint density at radius 2 is 1.70 bits per heavy atom. The van der Waals surface area contributed by atoms with Crippen molar-refractivity contribution in [2.45, 2.75) is 30.4 Å². The summed E-state index contributed by atoms with van der Waals surface area (Å²) in [6.07, 6.45) is 4.12. The van der Waals surface area contributed by atoms with E-state index in [1.165, 1.54) is 19.3 Å². The molecular formula is C7H10Cl2O. The van der Waals surface area contributed by atoms with Crippen LogP contribution in [0.4, 0.5) is 0 Å². The van der Waals surface area contributed by atoms with Crippen molar-refractivity contribution in [1.29, 1.82) is 0 Å². The van der Waals surface area contributed by atoms with Crippen LogP contribution in [0.25, 0.3) is 0 Å². The van der Waals surface area contributed by atoms with Crippen LogP contribution in [-0.2, 0) is 4.74 Å². The molecule has 0 saturated heterocycles. The van der Waals surface area contributed by atoms with Crippen LogP contribution >= 0.6 is 23.2 Å². The van der Waals surface area contributed by atoms with E-state index in [-0.39, 0.29) is 0 Å². The molecule has 2 aliphatic rings. The standard InChI is InChI=1S/C7H10Cl2O/c8-7(9)10-6-2-4-1-5(4)3-6/h4-7H,1-3H2/t4-,5+,6?. The van der Waals surface area contributed by atoms with Gasteiger partial charge in [0.15, 0.2) is 0 Å². The number of fused-ring (bicyclic) bond motifs is 1. The highest BCUT2D eigenvalue weighted by atomic mass is 35.5. The molecule has 3 heteroatoms. The first kappa shape index (κ1) is 7.20. The van der Waals surface area contributed by atoms with Gasteiger partial charge < -0.3 is 4.74 Å². The maximum Gasteiger partial charge on any atom is 0.206 e. The SMILES string of the molecule is ClC(Cl)OC1C[C@@H]2C[C@@H]2C1. The Morgan fingerprint density at radius 1 is 1.10 bits per heavy atom. The zero-order valence-electron chi connectivity index (χ0n) is 5.59. The zero-order chi connectivity index (χ0) is 7.14. The molecule has 0 spiro atoms. The minimum absolute atomic E-state index is 0.351. The fourth-order valence-electron chi connectivity index (χ4n) is 1.92. The summed E-state index contributed by atoms with van der Waals surface area (Å²) >= 11 is 10.9. The van der Waals surface area contributed by atoms with Gasteiger partial charge in [-0.1, -0.05) is 23.2 Å². The van der Waals surface area contributed by atoms with E-state index in [0.29, 0.717) is 6.10 Å². The third-order valence-corrected chi connectivity index (χ3v) is 2.70. The third-order valence-electron chi connectivity index (χ3n) is 2.50. The molecule has 0 N–H and O–H groups in total. The summed E-state index contributed by atoms with van der Waals surface area (Å²) < 4.78 is 5.24. The van der Waals surface area contributed by atoms with Gasteiger partial charge in [-0.2, -0.15) is 0 Å². The Kier molecular flexibility index (Phi) is 1.83. The van der Waals surface area contributed by atoms with Crippen LogP contribution < -0.4 is 0 Å². The van der Waals surface area contributed by atoms with Crippen molar-refractivity contribution in [2.24, 2.45) is 11.8 Å². The number of hydrogen-bond acceptors (Lipinski definition) is 1. The summed E-state index contributed by atoms with van der Waals surface area (Å²) in [5.74, 6) is 1.88. The molecular weight excluding hydrogens is 171 g/mol. The van der Waals surface area contributed by atoms with Gasteiger partial charge in [-0.05, 0) is 31.1 Å². The molecule has 58 valence electrons. The molecule has 10 heavy (non-hydrogen) atoms. The lowest BCUT2D eigenvalue weighted by molar-refractivity contribution is 0.0640. The van der Waals surface area contributed by atoms with Gasteiger partial charge in [-0.15, -0.1) is 0 Å². The van der Waals surface area contributed by atoms with Crippen molar-refractivity contribution in [2.75, 3.05) is 0 Å². The molecule has 2 fully saturated rings. The Morgan fingerprint density at radius 3 is 2.20 bits per heavy atom. The smallest absolute Gasteiger partial charge is 0.206 e. The second kappa shape index (κ2) is 2.54. The van der Waals surface area contributed by atoms with Crippen LogP contribution in [0.2, 0.25) is 0 Å². The number of halogens is 2. The predicted molar refractivity (Wildman–Crippen MR) is 41.2 cm³/mol. The second-order valence-electron chi connectivity index (χ2n) is 3.25. The first-order valence-corrected chi connectivity index (χ1v) is 4.56. The highest BCUT2D eigenvalue weighted by Gasteiger charge is 2.46. The van der Waals surface area contributed by atoms with Crippen molar-refractivity contribution in [3.63, 3.8) is 0 Å². The fourth-order valence-corrected chi connectivity index (χ4v) is 2.21. The van der Waals surface area contributed by atoms with Crippen LogP contribution in [0.1, 0.15) is 19.3 Å². The molecule has 0 aromatic carbocycles. The molecule has 0 amide bonds. The fraction of sp³-hybridized carbons (Fsp3) is 1.00. The van der Waals surface area contributed by atoms with Gasteiger partial charge >= 0.3 is 0 Å². The molecule has 2 aliphatic carbocycles. The summed E-state index contributed by atoms with van der Waals surface area (Å²) in [7, 11) is 0. The highest BCUT2D eigenvalue weighted by Crippen LogP contribution is 2.52. The first-order valence-electron chi connectivity index (χ1n) is 3.69. The van der Waals surface area contributed by atoms with Gasteiger partial charge in [0.1, 0.15) is 0 Å². The minimum Gasteiger partial charge on any atom is -0.346 e. The van der Waals surface area contributed by atoms with Gasteiger partial charge in [0.05, 0.1) is 6.10 Å². The molecule has 2 rings (SSSR count). The van der Waals surface area contributed by atoms with Crippen LogP contribution in [0.3, 0.4) is 0 Å². The Hall–Kier alpha value is 0.540. The van der Waals surface area contributed by atoms with Crippen LogP contribution in [-0.4, -0.2) is 11.1 Å². The topological polar surface area (TPSA) is 9.23 Å². The lowest BCUT2D eigenvalue weighted by Gasteiger charge is -2.12. The average Bonchev–Trinajstić information content (AvgIpc) is 2.39. The van der Waals surface area contributed by atoms with E-state index in [1.807, 2.05) is 0 Å². The maximum atomic E-state index is 5.46. The average molecular weight is 181 g/mol. The summed E-state index contributed by atoms with van der Waals surface area (Å²) in [6, 6.07) is 0. The highest BCUT2D eigenvalue weighted by molar-refractivity contribution is 6.43. The summed E-state index contributed by atoms with van der Waals surface area (Å²) in [4.78, 5) is 0. The minimum atomic E-state index is -0.623. The Bertz CT molecular complexity index is 128. The van der Waals surface area contributed by atoms with Crippen molar-refractivity contribution in [3.05, 3.63) is 0 Å². The predicted octanol–water partition coefficient (Wildman–Crippen LogP) is 2.56. The van der Waals surface area contributed by atoms with Crippen molar-refractivity contribution in [3.8, 4) is 0 Å². The van der Waals surface area contributed by atoms with E-state index < -0.39 is 5.02 Å². The largest absolute Gasteiger partial charge is 0.346 e. The maximum absolute atomic E-state index is 5.46. The second-order valence-corrected chi connectivity index (χ2v) is 4.26. The molecule has 1 nitrogen and oxygen atoms in total. The lowest BCUT2D eigenvalue weighted by atomic mass is 10.2. The monoisotopic (exact) mass is 180 g/mol. The van der Waals surface area contributed by atoms with Crippen LogP contribution in [0.15, 0.2) is 0 Å². The van der Waals surface area contributed by atoms with Gasteiger partial charge in [0.25, 0.3) is 0 Å². The third kappa shape index (κ3) is 1.41. The van der Waals surface area contributed by atoms with E-state index in [0.717, 1.165) is 11.8 Å². The van der Waals surface area contributed by atoms with Crippen molar-refractivity contribution >= 4 is 23.2 Å². The number of rotatable bonds is 2. The van der Waals surface area contributed by atoms with E-state index >= 15 is 0 Å². The molecule has 0 aromatic heterocycles. The summed E-state index contributed by atoms with van der Waals surface area (Å²) in [5.41, 5.74) is 0. The van der Waals surface area contributed by atoms with Crippen molar-refractivity contribution in [1.82, 2.24) is 0 Å². The van der Waals surface area contributed by atoms with Gasteiger partial charge in [-0.3, -0.25) is 0 Å². The number of ether oxygens (including phenoxy) is 1. The van der Waals surface area contributed by atoms with Gasteiger partial charge in [0.2, 0.25) is 5.02 Å². The lowest BCUT2D eigenvalue weighted by Crippen LogP contribution is -2.12. The molecule has 2 saturated carbocycles. The first-order chi connectivity index (χ1) is 4.75. The van der Waals surface area contributed by atoms with Crippen LogP contribution in [0, 0.1) is 11.8 Å². The molecule has 3 atom stereocenters. The molecule has 0 aromatic rings. The molecule has 0 aliphatic heterocycles. The Balaban J connectivity index is 1.76. The van der Waals surface area contributed by atoms with Gasteiger partial charge in [0, 0.05) is 0 Å². The number of hydrogen-bond donors (Lipinski definition) is 0. The zero-order valence-corrected chi connectivity index (χ0v) is 7.11. The van der Waals surface area contributed by atoms with E-state index in [4.69, 9.17) is 27.9 Å². The molecule has 1 unspecified atom stereocenters. The normalized spacial score (nSPS) is 44.1. The summed E-state index contributed by atoms with van der Waals surface area (Å²) in [5, 5.41) is -0.623. The Labute approximate surface area is 70.6 Å².